The third kappa shape index (κ3) is 3.16. The molecule has 0 fully saturated rings. The van der Waals surface area contributed by atoms with Gasteiger partial charge in [-0.15, -0.1) is 0 Å². The van der Waals surface area contributed by atoms with Gasteiger partial charge in [-0.2, -0.15) is 10.2 Å². The van der Waals surface area contributed by atoms with Gasteiger partial charge in [-0.05, 0) is 43.3 Å². The summed E-state index contributed by atoms with van der Waals surface area (Å²) in [4.78, 5) is 4.25. The Kier molecular flexibility index (Phi) is 3.98. The van der Waals surface area contributed by atoms with Gasteiger partial charge in [0.1, 0.15) is 11.8 Å². The Hall–Kier alpha value is -3.26. The van der Waals surface area contributed by atoms with E-state index in [1.165, 1.54) is 0 Å². The number of methoxy groups -OCH3 is 1. The number of anilines is 2. The Morgan fingerprint density at radius 2 is 1.96 bits per heavy atom. The average Bonchev–Trinajstić information content (AvgIpc) is 2.98. The van der Waals surface area contributed by atoms with Gasteiger partial charge in [-0.1, -0.05) is 17.7 Å². The van der Waals surface area contributed by atoms with Crippen molar-refractivity contribution in [3.63, 3.8) is 0 Å². The number of rotatable bonds is 4. The predicted molar refractivity (Wildman–Crippen MR) is 87.7 cm³/mol. The van der Waals surface area contributed by atoms with Gasteiger partial charge in [0.25, 0.3) is 0 Å². The highest BCUT2D eigenvalue weighted by Gasteiger charge is 2.14. The number of benzene rings is 2. The summed E-state index contributed by atoms with van der Waals surface area (Å²) < 4.78 is 10.9. The molecule has 0 aliphatic carbocycles. The number of nitrogens with zero attached hydrogens (tertiary/aromatic N) is 2. The van der Waals surface area contributed by atoms with Crippen molar-refractivity contribution in [2.24, 2.45) is 0 Å². The van der Waals surface area contributed by atoms with Crippen molar-refractivity contribution in [2.75, 3.05) is 12.4 Å². The molecule has 1 N–H and O–H groups in total. The number of nitriles is 1. The zero-order valence-electron chi connectivity index (χ0n) is 12.8. The van der Waals surface area contributed by atoms with Crippen LogP contribution in [0.2, 0.25) is 0 Å². The Morgan fingerprint density at radius 1 is 1.17 bits per heavy atom. The second-order valence-electron chi connectivity index (χ2n) is 5.03. The molecule has 1 aromatic heterocycles. The van der Waals surface area contributed by atoms with Crippen LogP contribution in [0.25, 0.3) is 11.5 Å². The third-order valence-electron chi connectivity index (χ3n) is 3.35. The molecule has 0 bridgehead atoms. The van der Waals surface area contributed by atoms with Crippen LogP contribution in [-0.4, -0.2) is 12.1 Å². The van der Waals surface area contributed by atoms with E-state index in [0.717, 1.165) is 22.6 Å². The van der Waals surface area contributed by atoms with Crippen molar-refractivity contribution in [3.8, 4) is 23.3 Å². The van der Waals surface area contributed by atoms with Crippen molar-refractivity contribution in [2.45, 2.75) is 6.92 Å². The topological polar surface area (TPSA) is 71.1 Å². The lowest BCUT2D eigenvalue weighted by Gasteiger charge is -2.04. The van der Waals surface area contributed by atoms with E-state index in [0.29, 0.717) is 11.8 Å². The maximum absolute atomic E-state index is 9.26. The van der Waals surface area contributed by atoms with E-state index in [9.17, 15) is 5.26 Å². The number of aromatic nitrogens is 1. The lowest BCUT2D eigenvalue weighted by molar-refractivity contribution is 0.415. The minimum atomic E-state index is 0.220. The summed E-state index contributed by atoms with van der Waals surface area (Å²) in [6.45, 7) is 1.99. The average molecular weight is 305 g/mol. The standard InChI is InChI=1S/C18H15N3O2/c1-12-4-3-5-13(10-12)17-21-16(11-19)18(23-17)20-14-6-8-15(22-2)9-7-14/h3-10,20H,1-2H3. The van der Waals surface area contributed by atoms with Crippen LogP contribution in [0.3, 0.4) is 0 Å². The van der Waals surface area contributed by atoms with Gasteiger partial charge < -0.3 is 14.5 Å². The molecule has 3 rings (SSSR count). The number of hydrogen-bond acceptors (Lipinski definition) is 5. The van der Waals surface area contributed by atoms with Gasteiger partial charge in [0.2, 0.25) is 17.5 Å². The van der Waals surface area contributed by atoms with Gasteiger partial charge in [0, 0.05) is 11.3 Å². The summed E-state index contributed by atoms with van der Waals surface area (Å²) in [5, 5.41) is 12.3. The van der Waals surface area contributed by atoms with Gasteiger partial charge in [0.15, 0.2) is 0 Å². The molecule has 23 heavy (non-hydrogen) atoms. The largest absolute Gasteiger partial charge is 0.497 e. The lowest BCUT2D eigenvalue weighted by Crippen LogP contribution is -1.91. The van der Waals surface area contributed by atoms with Crippen LogP contribution in [-0.2, 0) is 0 Å². The molecular formula is C18H15N3O2. The molecule has 0 saturated heterocycles. The third-order valence-corrected chi connectivity index (χ3v) is 3.35. The molecule has 0 aliphatic heterocycles. The maximum Gasteiger partial charge on any atom is 0.236 e. The molecule has 0 spiro atoms. The minimum absolute atomic E-state index is 0.220. The summed E-state index contributed by atoms with van der Waals surface area (Å²) in [5.74, 6) is 1.50. The van der Waals surface area contributed by atoms with E-state index < -0.39 is 0 Å². The smallest absolute Gasteiger partial charge is 0.236 e. The molecule has 0 unspecified atom stereocenters. The second-order valence-corrected chi connectivity index (χ2v) is 5.03. The maximum atomic E-state index is 9.26. The molecule has 3 aromatic rings. The fourth-order valence-corrected chi connectivity index (χ4v) is 2.19. The second kappa shape index (κ2) is 6.24. The van der Waals surface area contributed by atoms with Crippen LogP contribution >= 0.6 is 0 Å². The SMILES string of the molecule is COc1ccc(Nc2oc(-c3cccc(C)c3)nc2C#N)cc1. The summed E-state index contributed by atoms with van der Waals surface area (Å²) in [6.07, 6.45) is 0. The molecule has 0 amide bonds. The van der Waals surface area contributed by atoms with Crippen LogP contribution in [0.5, 0.6) is 5.75 Å². The number of hydrogen-bond donors (Lipinski definition) is 1. The number of aryl methyl sites for hydroxylation is 1. The molecule has 0 radical (unpaired) electrons. The Labute approximate surface area is 134 Å². The van der Waals surface area contributed by atoms with Gasteiger partial charge in [-0.3, -0.25) is 0 Å². The van der Waals surface area contributed by atoms with E-state index in [1.807, 2.05) is 55.5 Å². The van der Waals surface area contributed by atoms with E-state index in [-0.39, 0.29) is 5.69 Å². The number of nitrogens with one attached hydrogen (secondary N) is 1. The van der Waals surface area contributed by atoms with E-state index in [4.69, 9.17) is 9.15 Å². The van der Waals surface area contributed by atoms with Crippen molar-refractivity contribution in [1.29, 1.82) is 5.26 Å². The molecule has 5 heteroatoms. The zero-order valence-corrected chi connectivity index (χ0v) is 12.8. The minimum Gasteiger partial charge on any atom is -0.497 e. The van der Waals surface area contributed by atoms with Crippen molar-refractivity contribution >= 4 is 11.6 Å². The Balaban J connectivity index is 1.91. The van der Waals surface area contributed by atoms with Crippen LogP contribution in [0.4, 0.5) is 11.6 Å². The lowest BCUT2D eigenvalue weighted by atomic mass is 10.1. The quantitative estimate of drug-likeness (QED) is 0.779. The van der Waals surface area contributed by atoms with E-state index in [2.05, 4.69) is 16.4 Å². The molecule has 0 atom stereocenters. The van der Waals surface area contributed by atoms with Crippen LogP contribution in [0, 0.1) is 18.3 Å². The van der Waals surface area contributed by atoms with Gasteiger partial charge in [-0.25, -0.2) is 0 Å². The van der Waals surface area contributed by atoms with Gasteiger partial charge in [0.05, 0.1) is 7.11 Å². The summed E-state index contributed by atoms with van der Waals surface area (Å²) >= 11 is 0. The number of ether oxygens (including phenoxy) is 1. The van der Waals surface area contributed by atoms with Crippen LogP contribution in [0.15, 0.2) is 52.9 Å². The predicted octanol–water partition coefficient (Wildman–Crippen LogP) is 4.27. The normalized spacial score (nSPS) is 10.1. The summed E-state index contributed by atoms with van der Waals surface area (Å²) in [7, 11) is 1.61. The summed E-state index contributed by atoms with van der Waals surface area (Å²) in [6, 6.07) is 17.2. The monoisotopic (exact) mass is 305 g/mol. The van der Waals surface area contributed by atoms with Gasteiger partial charge >= 0.3 is 0 Å². The molecular weight excluding hydrogens is 290 g/mol. The molecule has 2 aromatic carbocycles. The van der Waals surface area contributed by atoms with Crippen molar-refractivity contribution < 1.29 is 9.15 Å². The Bertz CT molecular complexity index is 861. The van der Waals surface area contributed by atoms with E-state index in [1.54, 1.807) is 7.11 Å². The fourth-order valence-electron chi connectivity index (χ4n) is 2.19. The van der Waals surface area contributed by atoms with Crippen LogP contribution in [0.1, 0.15) is 11.3 Å². The Morgan fingerprint density at radius 3 is 2.61 bits per heavy atom. The molecule has 114 valence electrons. The molecule has 0 aliphatic rings. The summed E-state index contributed by atoms with van der Waals surface area (Å²) in [5.41, 5.74) is 2.94. The van der Waals surface area contributed by atoms with Crippen molar-refractivity contribution in [3.05, 3.63) is 59.8 Å². The fraction of sp³-hybridized carbons (Fsp3) is 0.111. The van der Waals surface area contributed by atoms with E-state index >= 15 is 0 Å². The first-order chi connectivity index (χ1) is 11.2. The highest BCUT2D eigenvalue weighted by Crippen LogP contribution is 2.28. The first kappa shape index (κ1) is 14.7. The highest BCUT2D eigenvalue weighted by molar-refractivity contribution is 5.64. The highest BCUT2D eigenvalue weighted by atomic mass is 16.5. The molecule has 5 nitrogen and oxygen atoms in total. The molecule has 1 heterocycles. The first-order valence-corrected chi connectivity index (χ1v) is 7.08. The number of oxazole rings is 1. The zero-order chi connectivity index (χ0) is 16.2. The first-order valence-electron chi connectivity index (χ1n) is 7.08. The molecule has 0 saturated carbocycles. The van der Waals surface area contributed by atoms with Crippen molar-refractivity contribution in [1.82, 2.24) is 4.98 Å². The van der Waals surface area contributed by atoms with Crippen LogP contribution < -0.4 is 10.1 Å².